The van der Waals surface area contributed by atoms with Crippen molar-refractivity contribution in [3.8, 4) is 0 Å². The van der Waals surface area contributed by atoms with Crippen LogP contribution >= 0.6 is 0 Å². The van der Waals surface area contributed by atoms with Gasteiger partial charge in [-0.25, -0.2) is 0 Å². The Labute approximate surface area is 316 Å². The molecule has 0 aromatic heterocycles. The summed E-state index contributed by atoms with van der Waals surface area (Å²) in [4.78, 5) is 18.0. The number of cyclic esters (lactones) is 1. The molecule has 0 aromatic rings. The highest BCUT2D eigenvalue weighted by molar-refractivity contribution is 5.73. The summed E-state index contributed by atoms with van der Waals surface area (Å²) in [6.07, 6.45) is -9.43. The fourth-order valence-electron chi connectivity index (χ4n) is 8.73. The molecule has 0 aromatic carbocycles. The fraction of sp³-hybridized carbons (Fsp3) is 0.974. The minimum atomic E-state index is -1.83. The molecule has 53 heavy (non-hydrogen) atoms. The molecule has 18 atom stereocenters. The highest BCUT2D eigenvalue weighted by Gasteiger charge is 2.53. The van der Waals surface area contributed by atoms with Gasteiger partial charge < -0.3 is 68.9 Å². The minimum Gasteiger partial charge on any atom is -0.459 e. The van der Waals surface area contributed by atoms with Crippen LogP contribution in [0.25, 0.3) is 0 Å². The first-order valence-corrected chi connectivity index (χ1v) is 19.3. The van der Waals surface area contributed by atoms with E-state index in [2.05, 4.69) is 0 Å². The van der Waals surface area contributed by atoms with Gasteiger partial charge in [0.05, 0.1) is 42.0 Å². The lowest BCUT2D eigenvalue weighted by molar-refractivity contribution is -0.321. The zero-order valence-electron chi connectivity index (χ0n) is 34.3. The molecule has 3 aliphatic heterocycles. The van der Waals surface area contributed by atoms with Crippen molar-refractivity contribution in [3.05, 3.63) is 0 Å². The Kier molecular flexibility index (Phi) is 16.2. The zero-order valence-corrected chi connectivity index (χ0v) is 34.3. The number of rotatable bonds is 8. The number of hydrogen-bond acceptors (Lipinski definition) is 15. The molecule has 0 spiro atoms. The van der Waals surface area contributed by atoms with Crippen LogP contribution in [0, 0.1) is 17.8 Å². The van der Waals surface area contributed by atoms with E-state index >= 15 is 0 Å². The van der Waals surface area contributed by atoms with E-state index in [1.165, 1.54) is 14.0 Å². The number of carbonyl (C=O) groups is 1. The first-order valence-electron chi connectivity index (χ1n) is 19.3. The van der Waals surface area contributed by atoms with Crippen LogP contribution in [0.15, 0.2) is 0 Å². The Hall–Kier alpha value is -1.05. The molecule has 3 aliphatic rings. The quantitative estimate of drug-likeness (QED) is 0.190. The molecule has 3 fully saturated rings. The summed E-state index contributed by atoms with van der Waals surface area (Å²) in [5, 5.41) is 68.3. The van der Waals surface area contributed by atoms with Crippen molar-refractivity contribution in [1.29, 1.82) is 0 Å². The van der Waals surface area contributed by atoms with Crippen molar-refractivity contribution in [2.24, 2.45) is 17.8 Å². The number of methoxy groups -OCH3 is 1. The van der Waals surface area contributed by atoms with Gasteiger partial charge in [0.2, 0.25) is 0 Å². The molecule has 0 amide bonds. The fourth-order valence-corrected chi connectivity index (χ4v) is 8.73. The smallest absolute Gasteiger partial charge is 0.311 e. The average molecular weight is 765 g/mol. The maximum atomic E-state index is 14.2. The monoisotopic (exact) mass is 765 g/mol. The summed E-state index contributed by atoms with van der Waals surface area (Å²) in [5.74, 6) is -2.78. The molecular formula is C38H72N2O13. The van der Waals surface area contributed by atoms with Crippen LogP contribution in [0.5, 0.6) is 0 Å². The third-order valence-electron chi connectivity index (χ3n) is 12.3. The number of nitrogens with zero attached hydrogens (tertiary/aromatic N) is 2. The van der Waals surface area contributed by atoms with Gasteiger partial charge in [0, 0.05) is 38.1 Å². The number of esters is 1. The summed E-state index contributed by atoms with van der Waals surface area (Å²) < 4.78 is 37.3. The number of likely N-dealkylation sites (N-methyl/N-ethyl adjacent to an activating group) is 2. The van der Waals surface area contributed by atoms with Crippen molar-refractivity contribution in [1.82, 2.24) is 9.80 Å². The molecule has 6 N–H and O–H groups in total. The highest BCUT2D eigenvalue weighted by Crippen LogP contribution is 2.40. The topological polar surface area (TPSA) is 200 Å². The summed E-state index contributed by atoms with van der Waals surface area (Å²) in [6.45, 7) is 15.5. The summed E-state index contributed by atoms with van der Waals surface area (Å²) in [5.41, 5.74) is -4.60. The van der Waals surface area contributed by atoms with Crippen LogP contribution in [0.2, 0.25) is 0 Å². The van der Waals surface area contributed by atoms with Gasteiger partial charge in [0.1, 0.15) is 36.1 Å². The van der Waals surface area contributed by atoms with Gasteiger partial charge in [-0.1, -0.05) is 20.8 Å². The van der Waals surface area contributed by atoms with E-state index in [1.807, 2.05) is 44.8 Å². The summed E-state index contributed by atoms with van der Waals surface area (Å²) in [7, 11) is 7.01. The first-order chi connectivity index (χ1) is 24.4. The van der Waals surface area contributed by atoms with Crippen LogP contribution in [-0.2, 0) is 33.2 Å². The van der Waals surface area contributed by atoms with Crippen LogP contribution < -0.4 is 0 Å². The lowest BCUT2D eigenvalue weighted by Crippen LogP contribution is -2.61. The van der Waals surface area contributed by atoms with E-state index in [1.54, 1.807) is 41.5 Å². The second-order valence-corrected chi connectivity index (χ2v) is 17.2. The number of carbonyl (C=O) groups excluding carboxylic acids is 1. The van der Waals surface area contributed by atoms with Crippen LogP contribution in [0.4, 0.5) is 0 Å². The maximum Gasteiger partial charge on any atom is 0.311 e. The zero-order chi connectivity index (χ0) is 40.4. The Bertz CT molecular complexity index is 1160. The highest BCUT2D eigenvalue weighted by atomic mass is 16.7. The molecule has 3 saturated heterocycles. The van der Waals surface area contributed by atoms with Crippen LogP contribution in [0.3, 0.4) is 0 Å². The standard InChI is InChI=1S/C38H72N2O13/c1-14-27-38(9,47)31(43)24(6)40(12)18-20(2)16-36(7,46)33(53-35-29(42)25(39(10)11)15-21(3)49-35)22(4)30(23(5)34(45)51-27)52-28-17-37(8,48-13)32(44)26(19-41)50-28/h20-33,35,41-44,46-47H,14-19H2,1-13H3/t20-,21-,22+,23-,24-,25+,26+,27-,28+,29-,30+,31-,32+,33-,35+,36-,37-,38-/m1/s1. The van der Waals surface area contributed by atoms with Gasteiger partial charge >= 0.3 is 5.97 Å². The van der Waals surface area contributed by atoms with Gasteiger partial charge in [-0.05, 0) is 87.9 Å². The Balaban J connectivity index is 2.19. The van der Waals surface area contributed by atoms with Crippen LogP contribution in [0.1, 0.15) is 88.0 Å². The second-order valence-electron chi connectivity index (χ2n) is 17.2. The van der Waals surface area contributed by atoms with Crippen molar-refractivity contribution in [3.63, 3.8) is 0 Å². The lowest BCUT2D eigenvalue weighted by Gasteiger charge is -2.49. The lowest BCUT2D eigenvalue weighted by atomic mass is 9.77. The van der Waals surface area contributed by atoms with Gasteiger partial charge in [-0.2, -0.15) is 0 Å². The van der Waals surface area contributed by atoms with E-state index < -0.39 is 103 Å². The summed E-state index contributed by atoms with van der Waals surface area (Å²) >= 11 is 0. The third-order valence-corrected chi connectivity index (χ3v) is 12.3. The van der Waals surface area contributed by atoms with Crippen molar-refractivity contribution < 1.29 is 63.9 Å². The molecule has 0 aliphatic carbocycles. The summed E-state index contributed by atoms with van der Waals surface area (Å²) in [6, 6.07) is -0.853. The molecule has 0 unspecified atom stereocenters. The van der Waals surface area contributed by atoms with E-state index in [-0.39, 0.29) is 37.3 Å². The largest absolute Gasteiger partial charge is 0.459 e. The molecule has 0 radical (unpaired) electrons. The number of aliphatic hydroxyl groups is 6. The van der Waals surface area contributed by atoms with Gasteiger partial charge in [0.25, 0.3) is 0 Å². The van der Waals surface area contributed by atoms with Crippen LogP contribution in [-0.4, -0.2) is 178 Å². The number of hydrogen-bond donors (Lipinski definition) is 6. The predicted octanol–water partition coefficient (Wildman–Crippen LogP) is 0.873. The molecule has 3 heterocycles. The minimum absolute atomic E-state index is 0.0281. The van der Waals surface area contributed by atoms with Crippen molar-refractivity contribution in [2.45, 2.75) is 178 Å². The molecule has 0 saturated carbocycles. The predicted molar refractivity (Wildman–Crippen MR) is 196 cm³/mol. The van der Waals surface area contributed by atoms with E-state index in [0.29, 0.717) is 13.0 Å². The van der Waals surface area contributed by atoms with E-state index in [9.17, 15) is 35.4 Å². The Morgan fingerprint density at radius 2 is 1.58 bits per heavy atom. The molecule has 3 rings (SSSR count). The maximum absolute atomic E-state index is 14.2. The second kappa shape index (κ2) is 18.5. The molecule has 312 valence electrons. The average Bonchev–Trinajstić information content (AvgIpc) is 3.08. The van der Waals surface area contributed by atoms with Crippen molar-refractivity contribution >= 4 is 5.97 Å². The Morgan fingerprint density at radius 3 is 2.13 bits per heavy atom. The molecule has 15 heteroatoms. The number of ether oxygens (including phenoxy) is 6. The first kappa shape index (κ1) is 46.3. The van der Waals surface area contributed by atoms with Gasteiger partial charge in [0.15, 0.2) is 12.6 Å². The van der Waals surface area contributed by atoms with Crippen molar-refractivity contribution in [2.75, 3.05) is 41.4 Å². The van der Waals surface area contributed by atoms with E-state index in [4.69, 9.17) is 28.4 Å². The molecule has 15 nitrogen and oxygen atoms in total. The molecular weight excluding hydrogens is 692 g/mol. The number of aliphatic hydroxyl groups excluding tert-OH is 4. The van der Waals surface area contributed by atoms with E-state index in [0.717, 1.165) is 0 Å². The molecule has 0 bridgehead atoms. The van der Waals surface area contributed by atoms with Gasteiger partial charge in [-0.15, -0.1) is 0 Å². The Morgan fingerprint density at radius 1 is 0.962 bits per heavy atom. The third kappa shape index (κ3) is 10.5. The SMILES string of the molecule is CC[C@H]1OC(=O)[C@H](C)[C@@H](O[C@H]2C[C@@](C)(OC)[C@@H](O)[C@H](CO)O2)[C@H](C)[C@@H](O[C@@H]2O[C@H](C)C[C@H](N(C)C)[C@H]2O)[C@](C)(O)C[C@@H](C)CN(C)[C@H](C)[C@@H](O)[C@]1(C)O. The van der Waals surface area contributed by atoms with Gasteiger partial charge in [-0.3, -0.25) is 4.79 Å². The normalized spacial score (nSPS) is 48.9.